The zero-order chi connectivity index (χ0) is 13.5. The van der Waals surface area contributed by atoms with Gasteiger partial charge in [0.1, 0.15) is 6.04 Å². The Morgan fingerprint density at radius 1 is 1.50 bits per heavy atom. The summed E-state index contributed by atoms with van der Waals surface area (Å²) >= 11 is 0. The maximum Gasteiger partial charge on any atom is 0.328 e. The van der Waals surface area contributed by atoms with Crippen LogP contribution in [0, 0.1) is 0 Å². The second-order valence-electron chi connectivity index (χ2n) is 3.80. The molecule has 0 spiro atoms. The summed E-state index contributed by atoms with van der Waals surface area (Å²) in [7, 11) is 1.26. The average Bonchev–Trinajstić information content (AvgIpc) is 2.37. The van der Waals surface area contributed by atoms with Gasteiger partial charge in [0.2, 0.25) is 5.91 Å². The molecule has 0 aromatic carbocycles. The number of amides is 1. The number of methoxy groups -OCH3 is 1. The topological polar surface area (TPSA) is 88.5 Å². The summed E-state index contributed by atoms with van der Waals surface area (Å²) < 4.78 is 4.61. The van der Waals surface area contributed by atoms with Crippen molar-refractivity contribution < 1.29 is 19.4 Å². The number of carbonyl (C=O) groups is 2. The molecule has 1 aromatic heterocycles. The quantitative estimate of drug-likeness (QED) is 0.708. The first-order valence-corrected chi connectivity index (χ1v) is 5.46. The van der Waals surface area contributed by atoms with E-state index in [0.29, 0.717) is 11.3 Å². The largest absolute Gasteiger partial charge is 0.467 e. The Balaban J connectivity index is 2.75. The molecule has 18 heavy (non-hydrogen) atoms. The highest BCUT2D eigenvalue weighted by Crippen LogP contribution is 2.04. The lowest BCUT2D eigenvalue weighted by Crippen LogP contribution is -2.42. The van der Waals surface area contributed by atoms with Gasteiger partial charge in [-0.2, -0.15) is 0 Å². The van der Waals surface area contributed by atoms with E-state index in [2.05, 4.69) is 15.0 Å². The zero-order valence-corrected chi connectivity index (χ0v) is 10.3. The fraction of sp³-hybridized carbons (Fsp3) is 0.417. The fourth-order valence-corrected chi connectivity index (χ4v) is 1.46. The molecule has 0 aliphatic rings. The molecule has 1 atom stereocenters. The van der Waals surface area contributed by atoms with Crippen molar-refractivity contribution in [1.29, 1.82) is 0 Å². The minimum atomic E-state index is -0.750. The molecule has 0 saturated carbocycles. The molecular weight excluding hydrogens is 236 g/mol. The predicted molar refractivity (Wildman–Crippen MR) is 63.5 cm³/mol. The molecule has 0 unspecified atom stereocenters. The van der Waals surface area contributed by atoms with Crippen LogP contribution in [0.5, 0.6) is 0 Å². The first kappa shape index (κ1) is 14.1. The number of rotatable bonds is 5. The number of aliphatic hydroxyl groups excluding tert-OH is 1. The molecule has 6 heteroatoms. The molecule has 0 fully saturated rings. The van der Waals surface area contributed by atoms with E-state index in [1.807, 2.05) is 0 Å². The number of hydrogen-bond acceptors (Lipinski definition) is 5. The summed E-state index contributed by atoms with van der Waals surface area (Å²) in [6.45, 7) is 1.25. The van der Waals surface area contributed by atoms with E-state index >= 15 is 0 Å². The van der Waals surface area contributed by atoms with Gasteiger partial charge in [-0.15, -0.1) is 0 Å². The standard InChI is InChI=1S/C12H16N2O4/c1-8(16)14-11(12(17)18-2)5-10-4-3-9(7-15)6-13-10/h3-4,6,11,15H,5,7H2,1-2H3,(H,14,16)/t11-/m0/s1. The van der Waals surface area contributed by atoms with Gasteiger partial charge in [0.05, 0.1) is 13.7 Å². The average molecular weight is 252 g/mol. The molecule has 1 heterocycles. The van der Waals surface area contributed by atoms with Gasteiger partial charge in [-0.3, -0.25) is 9.78 Å². The number of carbonyl (C=O) groups excluding carboxylic acids is 2. The molecule has 1 rings (SSSR count). The van der Waals surface area contributed by atoms with Crippen molar-refractivity contribution in [3.05, 3.63) is 29.6 Å². The highest BCUT2D eigenvalue weighted by atomic mass is 16.5. The lowest BCUT2D eigenvalue weighted by atomic mass is 10.1. The molecule has 0 aliphatic carbocycles. The van der Waals surface area contributed by atoms with E-state index in [0.717, 1.165) is 0 Å². The number of nitrogens with zero attached hydrogens (tertiary/aromatic N) is 1. The van der Waals surface area contributed by atoms with Gasteiger partial charge >= 0.3 is 5.97 Å². The number of aliphatic hydroxyl groups is 1. The summed E-state index contributed by atoms with van der Waals surface area (Å²) in [5.41, 5.74) is 1.32. The van der Waals surface area contributed by atoms with Crippen molar-refractivity contribution >= 4 is 11.9 Å². The molecule has 2 N–H and O–H groups in total. The van der Waals surface area contributed by atoms with Gasteiger partial charge in [0.25, 0.3) is 0 Å². The smallest absolute Gasteiger partial charge is 0.328 e. The Hall–Kier alpha value is -1.95. The fourth-order valence-electron chi connectivity index (χ4n) is 1.46. The maximum absolute atomic E-state index is 11.5. The van der Waals surface area contributed by atoms with Gasteiger partial charge in [-0.05, 0) is 11.6 Å². The highest BCUT2D eigenvalue weighted by Gasteiger charge is 2.20. The molecule has 0 aliphatic heterocycles. The zero-order valence-electron chi connectivity index (χ0n) is 10.3. The van der Waals surface area contributed by atoms with Crippen molar-refractivity contribution in [3.8, 4) is 0 Å². The third-order valence-corrected chi connectivity index (χ3v) is 2.35. The van der Waals surface area contributed by atoms with E-state index in [9.17, 15) is 9.59 Å². The number of esters is 1. The minimum Gasteiger partial charge on any atom is -0.467 e. The van der Waals surface area contributed by atoms with Gasteiger partial charge in [-0.1, -0.05) is 6.07 Å². The van der Waals surface area contributed by atoms with Crippen LogP contribution in [0.1, 0.15) is 18.2 Å². The molecule has 0 radical (unpaired) electrons. The van der Waals surface area contributed by atoms with Gasteiger partial charge < -0.3 is 15.2 Å². The Morgan fingerprint density at radius 3 is 2.67 bits per heavy atom. The van der Waals surface area contributed by atoms with Crippen LogP contribution < -0.4 is 5.32 Å². The third kappa shape index (κ3) is 4.14. The van der Waals surface area contributed by atoms with Crippen LogP contribution in [-0.2, 0) is 27.4 Å². The van der Waals surface area contributed by atoms with Gasteiger partial charge in [0.15, 0.2) is 0 Å². The van der Waals surface area contributed by atoms with E-state index in [-0.39, 0.29) is 18.9 Å². The van der Waals surface area contributed by atoms with Crippen LogP contribution in [0.25, 0.3) is 0 Å². The van der Waals surface area contributed by atoms with Crippen molar-refractivity contribution in [2.45, 2.75) is 26.0 Å². The first-order valence-electron chi connectivity index (χ1n) is 5.46. The minimum absolute atomic E-state index is 0.0839. The SMILES string of the molecule is COC(=O)[C@H](Cc1ccc(CO)cn1)NC(C)=O. The monoisotopic (exact) mass is 252 g/mol. The van der Waals surface area contributed by atoms with Crippen LogP contribution in [0.3, 0.4) is 0 Å². The number of hydrogen-bond donors (Lipinski definition) is 2. The molecule has 6 nitrogen and oxygen atoms in total. The Bertz CT molecular complexity index is 417. The lowest BCUT2D eigenvalue weighted by molar-refractivity contribution is -0.144. The van der Waals surface area contributed by atoms with Crippen molar-refractivity contribution in [3.63, 3.8) is 0 Å². The Morgan fingerprint density at radius 2 is 2.22 bits per heavy atom. The number of pyridine rings is 1. The van der Waals surface area contributed by atoms with Gasteiger partial charge in [-0.25, -0.2) is 4.79 Å². The second kappa shape index (κ2) is 6.70. The van der Waals surface area contributed by atoms with Crippen LogP contribution in [0.4, 0.5) is 0 Å². The first-order chi connectivity index (χ1) is 8.56. The summed E-state index contributed by atoms with van der Waals surface area (Å²) in [4.78, 5) is 26.6. The van der Waals surface area contributed by atoms with E-state index in [4.69, 9.17) is 5.11 Å². The van der Waals surface area contributed by atoms with Crippen molar-refractivity contribution in [1.82, 2.24) is 10.3 Å². The normalized spacial score (nSPS) is 11.7. The molecule has 1 aromatic rings. The summed E-state index contributed by atoms with van der Waals surface area (Å²) in [5.74, 6) is -0.824. The summed E-state index contributed by atoms with van der Waals surface area (Å²) in [6, 6.07) is 2.66. The van der Waals surface area contributed by atoms with E-state index < -0.39 is 12.0 Å². The van der Waals surface area contributed by atoms with E-state index in [1.165, 1.54) is 20.2 Å². The lowest BCUT2D eigenvalue weighted by Gasteiger charge is -2.14. The Labute approximate surface area is 105 Å². The van der Waals surface area contributed by atoms with Crippen LogP contribution in [-0.4, -0.2) is 35.1 Å². The number of nitrogens with one attached hydrogen (secondary N) is 1. The third-order valence-electron chi connectivity index (χ3n) is 2.35. The highest BCUT2D eigenvalue weighted by molar-refractivity contribution is 5.83. The van der Waals surface area contributed by atoms with Gasteiger partial charge in [0, 0.05) is 25.2 Å². The number of ether oxygens (including phenoxy) is 1. The summed E-state index contributed by atoms with van der Waals surface area (Å²) in [6.07, 6.45) is 1.77. The Kier molecular flexibility index (Phi) is 5.26. The summed E-state index contributed by atoms with van der Waals surface area (Å²) in [5, 5.41) is 11.4. The molecule has 0 saturated heterocycles. The predicted octanol–water partition coefficient (Wildman–Crippen LogP) is -0.206. The second-order valence-corrected chi connectivity index (χ2v) is 3.80. The maximum atomic E-state index is 11.5. The van der Waals surface area contributed by atoms with Crippen molar-refractivity contribution in [2.75, 3.05) is 7.11 Å². The molecule has 98 valence electrons. The molecule has 0 bridgehead atoms. The van der Waals surface area contributed by atoms with Crippen LogP contribution in [0.15, 0.2) is 18.3 Å². The molecular formula is C12H16N2O4. The van der Waals surface area contributed by atoms with E-state index in [1.54, 1.807) is 12.1 Å². The molecule has 1 amide bonds. The van der Waals surface area contributed by atoms with Crippen LogP contribution >= 0.6 is 0 Å². The van der Waals surface area contributed by atoms with Crippen molar-refractivity contribution in [2.24, 2.45) is 0 Å². The number of aromatic nitrogens is 1. The van der Waals surface area contributed by atoms with Crippen LogP contribution in [0.2, 0.25) is 0 Å².